The van der Waals surface area contributed by atoms with Crippen molar-refractivity contribution in [3.63, 3.8) is 0 Å². The Bertz CT molecular complexity index is 1130. The van der Waals surface area contributed by atoms with Gasteiger partial charge in [0.05, 0.1) is 25.4 Å². The van der Waals surface area contributed by atoms with Crippen molar-refractivity contribution in [3.8, 4) is 0 Å². The summed E-state index contributed by atoms with van der Waals surface area (Å²) in [6.45, 7) is 3.52. The summed E-state index contributed by atoms with van der Waals surface area (Å²) in [7, 11) is 0. The molecule has 7 unspecified atom stereocenters. The number of hydrogen-bond donors (Lipinski definition) is 6. The van der Waals surface area contributed by atoms with Crippen LogP contribution >= 0.6 is 0 Å². The Morgan fingerprint density at radius 1 is 0.556 bits per heavy atom. The highest BCUT2D eigenvalue weighted by Crippen LogP contribution is 2.23. The van der Waals surface area contributed by atoms with Crippen LogP contribution in [0, 0.1) is 0 Å². The molecular formula is C54H99NO8. The Morgan fingerprint density at radius 3 is 1.43 bits per heavy atom. The molecule has 63 heavy (non-hydrogen) atoms. The second-order valence-corrected chi connectivity index (χ2v) is 18.3. The van der Waals surface area contributed by atoms with Gasteiger partial charge in [-0.2, -0.15) is 0 Å². The van der Waals surface area contributed by atoms with Gasteiger partial charge in [-0.1, -0.05) is 210 Å². The molecule has 9 heteroatoms. The lowest BCUT2D eigenvalue weighted by atomic mass is 9.99. The predicted molar refractivity (Wildman–Crippen MR) is 263 cm³/mol. The van der Waals surface area contributed by atoms with E-state index < -0.39 is 49.5 Å². The lowest BCUT2D eigenvalue weighted by Gasteiger charge is -2.40. The number of aliphatic hydroxyl groups excluding tert-OH is 5. The van der Waals surface area contributed by atoms with Crippen molar-refractivity contribution >= 4 is 5.91 Å². The first kappa shape index (κ1) is 59.2. The monoisotopic (exact) mass is 890 g/mol. The molecule has 0 spiro atoms. The molecule has 0 aromatic carbocycles. The minimum Gasteiger partial charge on any atom is -0.394 e. The second-order valence-electron chi connectivity index (χ2n) is 18.3. The van der Waals surface area contributed by atoms with Gasteiger partial charge in [0.1, 0.15) is 24.4 Å². The number of rotatable bonds is 44. The molecule has 0 aromatic heterocycles. The summed E-state index contributed by atoms with van der Waals surface area (Å²) in [5, 5.41) is 54.1. The topological polar surface area (TPSA) is 149 Å². The quantitative estimate of drug-likeness (QED) is 0.0262. The van der Waals surface area contributed by atoms with Gasteiger partial charge in [-0.3, -0.25) is 4.79 Å². The van der Waals surface area contributed by atoms with E-state index >= 15 is 0 Å². The van der Waals surface area contributed by atoms with Crippen molar-refractivity contribution < 1.29 is 39.8 Å². The van der Waals surface area contributed by atoms with Crippen molar-refractivity contribution in [3.05, 3.63) is 48.6 Å². The van der Waals surface area contributed by atoms with Crippen LogP contribution in [0.1, 0.15) is 232 Å². The van der Waals surface area contributed by atoms with Gasteiger partial charge in [-0.15, -0.1) is 0 Å². The largest absolute Gasteiger partial charge is 0.394 e. The van der Waals surface area contributed by atoms with Crippen molar-refractivity contribution in [2.24, 2.45) is 0 Å². The third kappa shape index (κ3) is 34.2. The zero-order chi connectivity index (χ0) is 45.9. The molecule has 1 saturated heterocycles. The smallest absolute Gasteiger partial charge is 0.220 e. The Balaban J connectivity index is 2.09. The number of hydrogen-bond acceptors (Lipinski definition) is 8. The molecule has 0 aliphatic carbocycles. The molecule has 1 aliphatic heterocycles. The summed E-state index contributed by atoms with van der Waals surface area (Å²) in [4.78, 5) is 12.9. The van der Waals surface area contributed by atoms with Crippen molar-refractivity contribution in [1.82, 2.24) is 5.32 Å². The summed E-state index contributed by atoms with van der Waals surface area (Å²) < 4.78 is 11.2. The summed E-state index contributed by atoms with van der Waals surface area (Å²) in [6.07, 6.45) is 50.8. The van der Waals surface area contributed by atoms with Crippen LogP contribution in [0.2, 0.25) is 0 Å². The van der Waals surface area contributed by atoms with E-state index in [0.717, 1.165) is 44.9 Å². The van der Waals surface area contributed by atoms with E-state index in [9.17, 15) is 30.3 Å². The average molecular weight is 890 g/mol. The maximum atomic E-state index is 12.9. The van der Waals surface area contributed by atoms with E-state index in [1.807, 2.05) is 19.1 Å². The molecule has 1 heterocycles. The fourth-order valence-corrected chi connectivity index (χ4v) is 8.25. The van der Waals surface area contributed by atoms with Gasteiger partial charge < -0.3 is 40.3 Å². The number of nitrogens with one attached hydrogen (secondary N) is 1. The highest BCUT2D eigenvalue weighted by Gasteiger charge is 2.44. The van der Waals surface area contributed by atoms with E-state index in [1.54, 1.807) is 6.08 Å². The lowest BCUT2D eigenvalue weighted by molar-refractivity contribution is -0.302. The number of allylic oxidation sites excluding steroid dienone is 7. The fraction of sp³-hybridized carbons (Fsp3) is 0.833. The lowest BCUT2D eigenvalue weighted by Crippen LogP contribution is -2.60. The minimum absolute atomic E-state index is 0.192. The Labute approximate surface area is 386 Å². The van der Waals surface area contributed by atoms with Gasteiger partial charge in [0.15, 0.2) is 6.29 Å². The number of ether oxygens (including phenoxy) is 2. The maximum absolute atomic E-state index is 12.9. The van der Waals surface area contributed by atoms with Gasteiger partial charge in [0.2, 0.25) is 5.91 Å². The number of amides is 1. The third-order valence-corrected chi connectivity index (χ3v) is 12.4. The number of unbranched alkanes of at least 4 members (excludes halogenated alkanes) is 29. The van der Waals surface area contributed by atoms with Gasteiger partial charge in [-0.05, 0) is 64.7 Å². The van der Waals surface area contributed by atoms with Gasteiger partial charge in [0, 0.05) is 6.42 Å². The Kier molecular flexibility index (Phi) is 41.3. The molecular weight excluding hydrogens is 791 g/mol. The van der Waals surface area contributed by atoms with Gasteiger partial charge >= 0.3 is 0 Å². The molecule has 9 nitrogen and oxygen atoms in total. The average Bonchev–Trinajstić information content (AvgIpc) is 3.28. The van der Waals surface area contributed by atoms with Crippen LogP contribution in [0.25, 0.3) is 0 Å². The summed E-state index contributed by atoms with van der Waals surface area (Å²) in [5.74, 6) is -0.192. The predicted octanol–water partition coefficient (Wildman–Crippen LogP) is 12.2. The standard InChI is InChI=1S/C54H99NO8/c1-3-5-7-9-11-13-14-15-16-17-18-19-20-21-22-23-24-25-26-27-28-29-30-31-32-33-34-36-38-40-42-44-50(58)55-47(48(57)43-41-39-37-35-12-10-8-6-4-2)46-62-54-53(61)52(60)51(59)49(45-56)63-54/h4,6,12,17-18,35,41,43,47-49,51-54,56-57,59-61H,3,5,7-11,13-16,19-34,36-40,42,44-46H2,1-2H3,(H,55,58)/b6-4+,18-17-,35-12+,43-41+. The molecule has 0 saturated carbocycles. The molecule has 6 N–H and O–H groups in total. The van der Waals surface area contributed by atoms with Crippen molar-refractivity contribution in [2.45, 2.75) is 275 Å². The fourth-order valence-electron chi connectivity index (χ4n) is 8.25. The van der Waals surface area contributed by atoms with E-state index in [1.165, 1.54) is 167 Å². The molecule has 0 aromatic rings. The molecule has 1 aliphatic rings. The zero-order valence-electron chi connectivity index (χ0n) is 40.6. The summed E-state index contributed by atoms with van der Waals surface area (Å²) in [5.41, 5.74) is 0. The van der Waals surface area contributed by atoms with Crippen LogP contribution in [-0.4, -0.2) is 87.5 Å². The second kappa shape index (κ2) is 44.0. The van der Waals surface area contributed by atoms with Crippen LogP contribution in [-0.2, 0) is 14.3 Å². The number of carbonyl (C=O) groups excluding carboxylic acids is 1. The van der Waals surface area contributed by atoms with Gasteiger partial charge in [0.25, 0.3) is 0 Å². The van der Waals surface area contributed by atoms with Crippen LogP contribution in [0.5, 0.6) is 0 Å². The molecule has 0 bridgehead atoms. The molecule has 368 valence electrons. The van der Waals surface area contributed by atoms with Crippen molar-refractivity contribution in [2.75, 3.05) is 13.2 Å². The van der Waals surface area contributed by atoms with Gasteiger partial charge in [-0.25, -0.2) is 0 Å². The highest BCUT2D eigenvalue weighted by molar-refractivity contribution is 5.76. The first-order chi connectivity index (χ1) is 30.8. The van der Waals surface area contributed by atoms with E-state index in [0.29, 0.717) is 6.42 Å². The van der Waals surface area contributed by atoms with E-state index in [-0.39, 0.29) is 12.5 Å². The third-order valence-electron chi connectivity index (χ3n) is 12.4. The Hall–Kier alpha value is -1.85. The number of carbonyl (C=O) groups is 1. The summed E-state index contributed by atoms with van der Waals surface area (Å²) in [6, 6.07) is -0.825. The van der Waals surface area contributed by atoms with Crippen LogP contribution < -0.4 is 5.32 Å². The highest BCUT2D eigenvalue weighted by atomic mass is 16.7. The van der Waals surface area contributed by atoms with E-state index in [4.69, 9.17) is 9.47 Å². The molecule has 1 fully saturated rings. The van der Waals surface area contributed by atoms with Crippen LogP contribution in [0.3, 0.4) is 0 Å². The zero-order valence-corrected chi connectivity index (χ0v) is 40.6. The van der Waals surface area contributed by atoms with E-state index in [2.05, 4.69) is 42.6 Å². The number of aliphatic hydroxyl groups is 5. The molecule has 7 atom stereocenters. The normalized spacial score (nSPS) is 20.5. The van der Waals surface area contributed by atoms with Crippen LogP contribution in [0.4, 0.5) is 0 Å². The Morgan fingerprint density at radius 2 is 0.968 bits per heavy atom. The summed E-state index contributed by atoms with van der Waals surface area (Å²) >= 11 is 0. The molecule has 0 radical (unpaired) electrons. The van der Waals surface area contributed by atoms with Crippen LogP contribution in [0.15, 0.2) is 48.6 Å². The maximum Gasteiger partial charge on any atom is 0.220 e. The SMILES string of the molecule is C/C=C/CC/C=C/CC/C=C/C(O)C(COC1OC(CO)C(O)C(O)C1O)NC(=O)CCCCCCCCCCCCCCCCCCCCC/C=C\CCCCCCCCCC. The first-order valence-corrected chi connectivity index (χ1v) is 26.3. The molecule has 1 amide bonds. The first-order valence-electron chi connectivity index (χ1n) is 26.3. The minimum atomic E-state index is -1.57. The van der Waals surface area contributed by atoms with Crippen molar-refractivity contribution in [1.29, 1.82) is 0 Å². The molecule has 1 rings (SSSR count).